The molecule has 1 aromatic rings. The molecule has 5 heteroatoms. The second-order valence-corrected chi connectivity index (χ2v) is 12.0. The molecule has 2 aliphatic rings. The summed E-state index contributed by atoms with van der Waals surface area (Å²) in [6.45, 7) is 15.4. The summed E-state index contributed by atoms with van der Waals surface area (Å²) in [6, 6.07) is 3.82. The first-order chi connectivity index (χ1) is 15.6. The molecule has 33 heavy (non-hydrogen) atoms. The van der Waals surface area contributed by atoms with E-state index in [1.165, 1.54) is 17.3 Å². The number of ether oxygens (including phenoxy) is 2. The number of epoxide rings is 1. The van der Waals surface area contributed by atoms with Gasteiger partial charge in [0, 0.05) is 16.2 Å². The molecule has 0 amide bonds. The van der Waals surface area contributed by atoms with Crippen molar-refractivity contribution in [3.8, 4) is 11.5 Å². The number of rotatable bonds is 10. The van der Waals surface area contributed by atoms with Gasteiger partial charge in [-0.2, -0.15) is 0 Å². The third-order valence-electron chi connectivity index (χ3n) is 6.64. The number of carbonyl (C=O) groups is 1. The number of aryl methyl sites for hydroxylation is 1. The van der Waals surface area contributed by atoms with Crippen molar-refractivity contribution >= 4 is 17.1 Å². The standard InChI is InChI=1S/C28H40O4S/c1-7-8-9-10-20-14-24(29)26(23-13-19(4)11-12-22(23)18(2)3)25(15-20)32-27(30)33-28(5,6)16-21-17-31-21/h13-15,21-23,29H,2,7-12,16-17H2,1,3-6H3/t21?,22-,23+/m0/s1. The third-order valence-corrected chi connectivity index (χ3v) is 7.61. The average molecular weight is 473 g/mol. The highest BCUT2D eigenvalue weighted by Crippen LogP contribution is 2.47. The van der Waals surface area contributed by atoms with Crippen molar-refractivity contribution in [2.45, 2.75) is 96.3 Å². The molecule has 1 unspecified atom stereocenters. The fourth-order valence-electron chi connectivity index (χ4n) is 4.83. The van der Waals surface area contributed by atoms with E-state index in [0.717, 1.165) is 62.7 Å². The Morgan fingerprint density at radius 1 is 1.33 bits per heavy atom. The van der Waals surface area contributed by atoms with E-state index < -0.39 is 0 Å². The van der Waals surface area contributed by atoms with Crippen LogP contribution in [0.3, 0.4) is 0 Å². The number of unbranched alkanes of at least 4 members (excludes halogenated alkanes) is 2. The molecule has 0 spiro atoms. The van der Waals surface area contributed by atoms with E-state index in [1.807, 2.05) is 32.9 Å². The number of allylic oxidation sites excluding steroid dienone is 3. The van der Waals surface area contributed by atoms with Crippen molar-refractivity contribution in [3.63, 3.8) is 0 Å². The van der Waals surface area contributed by atoms with Crippen LogP contribution in [0.5, 0.6) is 11.5 Å². The normalized spacial score (nSPS) is 22.6. The number of benzene rings is 1. The summed E-state index contributed by atoms with van der Waals surface area (Å²) in [5.74, 6) is 0.852. The van der Waals surface area contributed by atoms with Gasteiger partial charge in [0.1, 0.15) is 11.5 Å². The van der Waals surface area contributed by atoms with Gasteiger partial charge >= 0.3 is 5.30 Å². The summed E-state index contributed by atoms with van der Waals surface area (Å²) in [7, 11) is 0. The lowest BCUT2D eigenvalue weighted by molar-refractivity contribution is 0.225. The number of hydrogen-bond donors (Lipinski definition) is 1. The molecule has 0 radical (unpaired) electrons. The van der Waals surface area contributed by atoms with Crippen LogP contribution >= 0.6 is 11.8 Å². The predicted molar refractivity (Wildman–Crippen MR) is 137 cm³/mol. The maximum absolute atomic E-state index is 13.0. The summed E-state index contributed by atoms with van der Waals surface area (Å²) >= 11 is 1.21. The van der Waals surface area contributed by atoms with Gasteiger partial charge in [0.25, 0.3) is 0 Å². The summed E-state index contributed by atoms with van der Waals surface area (Å²) < 4.78 is 11.1. The zero-order chi connectivity index (χ0) is 24.2. The summed E-state index contributed by atoms with van der Waals surface area (Å²) in [5.41, 5.74) is 4.10. The first-order valence-electron chi connectivity index (χ1n) is 12.3. The van der Waals surface area contributed by atoms with E-state index in [4.69, 9.17) is 9.47 Å². The van der Waals surface area contributed by atoms with Crippen LogP contribution in [0.1, 0.15) is 90.2 Å². The molecule has 182 valence electrons. The largest absolute Gasteiger partial charge is 0.507 e. The van der Waals surface area contributed by atoms with Crippen molar-refractivity contribution in [2.75, 3.05) is 6.61 Å². The number of hydrogen-bond acceptors (Lipinski definition) is 5. The Morgan fingerprint density at radius 3 is 2.70 bits per heavy atom. The van der Waals surface area contributed by atoms with Gasteiger partial charge in [-0.05, 0) is 81.3 Å². The summed E-state index contributed by atoms with van der Waals surface area (Å²) in [4.78, 5) is 13.0. The molecule has 0 bridgehead atoms. The molecule has 1 aliphatic heterocycles. The van der Waals surface area contributed by atoms with Crippen molar-refractivity contribution in [3.05, 3.63) is 47.1 Å². The predicted octanol–water partition coefficient (Wildman–Crippen LogP) is 7.94. The van der Waals surface area contributed by atoms with E-state index in [9.17, 15) is 9.90 Å². The minimum Gasteiger partial charge on any atom is -0.507 e. The summed E-state index contributed by atoms with van der Waals surface area (Å²) in [6.07, 6.45) is 9.44. The topological polar surface area (TPSA) is 59.1 Å². The van der Waals surface area contributed by atoms with Gasteiger partial charge in [-0.1, -0.05) is 57.4 Å². The van der Waals surface area contributed by atoms with Crippen LogP contribution < -0.4 is 4.74 Å². The highest BCUT2D eigenvalue weighted by molar-refractivity contribution is 8.14. The van der Waals surface area contributed by atoms with Crippen LogP contribution in [0.2, 0.25) is 0 Å². The minimum atomic E-state index is -0.338. The van der Waals surface area contributed by atoms with Crippen LogP contribution in [0, 0.1) is 5.92 Å². The van der Waals surface area contributed by atoms with Crippen molar-refractivity contribution in [1.82, 2.24) is 0 Å². The Morgan fingerprint density at radius 2 is 2.06 bits per heavy atom. The van der Waals surface area contributed by atoms with E-state index in [2.05, 4.69) is 26.5 Å². The lowest BCUT2D eigenvalue weighted by Gasteiger charge is -2.32. The van der Waals surface area contributed by atoms with Crippen molar-refractivity contribution < 1.29 is 19.4 Å². The zero-order valence-electron chi connectivity index (χ0n) is 20.9. The summed E-state index contributed by atoms with van der Waals surface area (Å²) in [5, 5.41) is 10.8. The highest BCUT2D eigenvalue weighted by Gasteiger charge is 2.35. The smallest absolute Gasteiger partial charge is 0.373 e. The molecule has 4 nitrogen and oxygen atoms in total. The maximum Gasteiger partial charge on any atom is 0.373 e. The highest BCUT2D eigenvalue weighted by atomic mass is 32.2. The van der Waals surface area contributed by atoms with Gasteiger partial charge < -0.3 is 14.6 Å². The molecule has 0 aromatic heterocycles. The Labute approximate surface area is 203 Å². The van der Waals surface area contributed by atoms with Crippen molar-refractivity contribution in [2.24, 2.45) is 5.92 Å². The number of phenolic OH excluding ortho intramolecular Hbond substituents is 1. The van der Waals surface area contributed by atoms with Gasteiger partial charge in [0.15, 0.2) is 0 Å². The maximum atomic E-state index is 13.0. The quantitative estimate of drug-likeness (QED) is 0.162. The first kappa shape index (κ1) is 25.9. The molecule has 1 N–H and O–H groups in total. The second-order valence-electron chi connectivity index (χ2n) is 10.4. The van der Waals surface area contributed by atoms with E-state index in [0.29, 0.717) is 11.3 Å². The fourth-order valence-corrected chi connectivity index (χ4v) is 5.68. The molecule has 3 atom stereocenters. The van der Waals surface area contributed by atoms with Crippen molar-refractivity contribution in [1.29, 1.82) is 0 Å². The minimum absolute atomic E-state index is 0.0541. The SMILES string of the molecule is C=C(C)[C@@H]1CCC(C)=C[C@H]1c1c(O)cc(CCCCC)cc1OC(=O)SC(C)(C)CC1CO1. The number of carbonyl (C=O) groups excluding carboxylic acids is 1. The third kappa shape index (κ3) is 7.38. The van der Waals surface area contributed by atoms with Crippen LogP contribution in [0.4, 0.5) is 4.79 Å². The molecule has 3 rings (SSSR count). The molecule has 1 heterocycles. The van der Waals surface area contributed by atoms with E-state index in [1.54, 1.807) is 0 Å². The number of thioether (sulfide) groups is 1. The van der Waals surface area contributed by atoms with Gasteiger partial charge in [0.2, 0.25) is 0 Å². The van der Waals surface area contributed by atoms with Crippen LogP contribution in [-0.4, -0.2) is 27.9 Å². The number of aromatic hydroxyl groups is 1. The van der Waals surface area contributed by atoms with Crippen LogP contribution in [-0.2, 0) is 11.2 Å². The Kier molecular flexibility index (Phi) is 8.74. The molecule has 0 saturated carbocycles. The zero-order valence-corrected chi connectivity index (χ0v) is 21.7. The molecular formula is C28H40O4S. The Hall–Kier alpha value is -1.72. The Balaban J connectivity index is 1.92. The van der Waals surface area contributed by atoms with Crippen LogP contribution in [0.15, 0.2) is 35.9 Å². The first-order valence-corrected chi connectivity index (χ1v) is 13.1. The molecular weight excluding hydrogens is 432 g/mol. The second kappa shape index (κ2) is 11.1. The fraction of sp³-hybridized carbons (Fsp3) is 0.607. The lowest BCUT2D eigenvalue weighted by Crippen LogP contribution is -2.22. The molecule has 1 aliphatic carbocycles. The Bertz CT molecular complexity index is 897. The lowest BCUT2D eigenvalue weighted by atomic mass is 9.73. The van der Waals surface area contributed by atoms with Gasteiger partial charge in [0.05, 0.1) is 12.7 Å². The van der Waals surface area contributed by atoms with Gasteiger partial charge in [-0.25, -0.2) is 4.79 Å². The van der Waals surface area contributed by atoms with Gasteiger partial charge in [-0.3, -0.25) is 0 Å². The van der Waals surface area contributed by atoms with Gasteiger partial charge in [-0.15, -0.1) is 0 Å². The number of phenols is 1. The van der Waals surface area contributed by atoms with E-state index >= 15 is 0 Å². The molecule has 1 aromatic carbocycles. The monoisotopic (exact) mass is 472 g/mol. The average Bonchev–Trinajstić information content (AvgIpc) is 3.50. The molecule has 1 fully saturated rings. The van der Waals surface area contributed by atoms with Crippen LogP contribution in [0.25, 0.3) is 0 Å². The van der Waals surface area contributed by atoms with E-state index in [-0.39, 0.29) is 33.7 Å². The molecule has 1 saturated heterocycles.